The molecule has 0 aliphatic heterocycles. The number of hydrogen-bond acceptors (Lipinski definition) is 2. The Balaban J connectivity index is 2.25. The van der Waals surface area contributed by atoms with E-state index in [1.165, 1.54) is 12.1 Å². The molecule has 0 saturated carbocycles. The van der Waals surface area contributed by atoms with Gasteiger partial charge in [-0.15, -0.1) is 0 Å². The first-order valence-corrected chi connectivity index (χ1v) is 7.35. The molecule has 1 aromatic heterocycles. The number of pyridine rings is 1. The molecule has 1 heterocycles. The van der Waals surface area contributed by atoms with Crippen molar-refractivity contribution in [1.29, 1.82) is 0 Å². The molecule has 22 heavy (non-hydrogen) atoms. The molecule has 0 saturated heterocycles. The van der Waals surface area contributed by atoms with Crippen LogP contribution in [0, 0.1) is 5.82 Å². The van der Waals surface area contributed by atoms with Crippen molar-refractivity contribution in [2.45, 2.75) is 13.3 Å². The van der Waals surface area contributed by atoms with Gasteiger partial charge in [-0.2, -0.15) is 0 Å². The Kier molecular flexibility index (Phi) is 3.90. The smallest absolute Gasteiger partial charge is 0.253 e. The number of carbonyl (C=O) groups excluding carboxylic acids is 1. The Morgan fingerprint density at radius 3 is 2.50 bits per heavy atom. The van der Waals surface area contributed by atoms with E-state index in [0.717, 1.165) is 22.9 Å². The standard InChI is InChI=1S/C18H13ClFNO/c1-2-11-3-8-16-14(9-11)15(18(19)22)10-17(21-16)12-4-6-13(20)7-5-12/h3-10H,2H2,1H3. The Hall–Kier alpha value is -2.26. The Morgan fingerprint density at radius 2 is 1.86 bits per heavy atom. The molecular weight excluding hydrogens is 301 g/mol. The second-order valence-electron chi connectivity index (χ2n) is 5.04. The lowest BCUT2D eigenvalue weighted by atomic mass is 10.0. The summed E-state index contributed by atoms with van der Waals surface area (Å²) in [6.45, 7) is 2.05. The highest BCUT2D eigenvalue weighted by Crippen LogP contribution is 2.27. The second kappa shape index (κ2) is 5.85. The average molecular weight is 314 g/mol. The zero-order valence-corrected chi connectivity index (χ0v) is 12.7. The highest BCUT2D eigenvalue weighted by molar-refractivity contribution is 6.68. The largest absolute Gasteiger partial charge is 0.276 e. The molecular formula is C18H13ClFNO. The Morgan fingerprint density at radius 1 is 1.14 bits per heavy atom. The molecule has 3 rings (SSSR count). The number of hydrogen-bond donors (Lipinski definition) is 0. The van der Waals surface area contributed by atoms with Crippen LogP contribution in [0.3, 0.4) is 0 Å². The van der Waals surface area contributed by atoms with Gasteiger partial charge in [-0.1, -0.05) is 13.0 Å². The van der Waals surface area contributed by atoms with Gasteiger partial charge in [0.05, 0.1) is 11.2 Å². The molecule has 0 radical (unpaired) electrons. The third-order valence-electron chi connectivity index (χ3n) is 3.63. The SMILES string of the molecule is CCc1ccc2nc(-c3ccc(F)cc3)cc(C(=O)Cl)c2c1. The summed E-state index contributed by atoms with van der Waals surface area (Å²) < 4.78 is 13.1. The number of fused-ring (bicyclic) bond motifs is 1. The van der Waals surface area contributed by atoms with E-state index in [2.05, 4.69) is 4.98 Å². The molecule has 0 amide bonds. The first-order valence-electron chi connectivity index (χ1n) is 6.98. The van der Waals surface area contributed by atoms with Crippen LogP contribution in [0.25, 0.3) is 22.2 Å². The van der Waals surface area contributed by atoms with E-state index in [4.69, 9.17) is 11.6 Å². The number of halogens is 2. The molecule has 4 heteroatoms. The topological polar surface area (TPSA) is 30.0 Å². The Labute approximate surface area is 132 Å². The molecule has 0 spiro atoms. The number of nitrogens with zero attached hydrogens (tertiary/aromatic N) is 1. The Bertz CT molecular complexity index is 859. The van der Waals surface area contributed by atoms with Crippen LogP contribution in [-0.2, 0) is 6.42 Å². The lowest BCUT2D eigenvalue weighted by molar-refractivity contribution is 0.108. The van der Waals surface area contributed by atoms with E-state index < -0.39 is 5.24 Å². The predicted molar refractivity (Wildman–Crippen MR) is 86.7 cm³/mol. The first-order chi connectivity index (χ1) is 10.6. The summed E-state index contributed by atoms with van der Waals surface area (Å²) in [5.41, 5.74) is 3.56. The zero-order valence-electron chi connectivity index (χ0n) is 11.9. The average Bonchev–Trinajstić information content (AvgIpc) is 2.53. The quantitative estimate of drug-likeness (QED) is 0.638. The number of benzene rings is 2. The number of aromatic nitrogens is 1. The van der Waals surface area contributed by atoms with Crippen molar-refractivity contribution in [2.75, 3.05) is 0 Å². The van der Waals surface area contributed by atoms with Gasteiger partial charge in [-0.25, -0.2) is 9.37 Å². The molecule has 0 atom stereocenters. The summed E-state index contributed by atoms with van der Waals surface area (Å²) in [4.78, 5) is 16.3. The van der Waals surface area contributed by atoms with E-state index in [9.17, 15) is 9.18 Å². The van der Waals surface area contributed by atoms with Gasteiger partial charge in [0.15, 0.2) is 0 Å². The number of rotatable bonds is 3. The van der Waals surface area contributed by atoms with Gasteiger partial charge in [0.25, 0.3) is 5.24 Å². The van der Waals surface area contributed by atoms with Crippen molar-refractivity contribution in [3.8, 4) is 11.3 Å². The maximum absolute atomic E-state index is 13.1. The summed E-state index contributed by atoms with van der Waals surface area (Å²) in [6, 6.07) is 13.4. The molecule has 0 bridgehead atoms. The normalized spacial score (nSPS) is 10.9. The van der Waals surface area contributed by atoms with Crippen molar-refractivity contribution in [3.05, 3.63) is 65.5 Å². The molecule has 2 nitrogen and oxygen atoms in total. The van der Waals surface area contributed by atoms with Gasteiger partial charge in [0.2, 0.25) is 0 Å². The summed E-state index contributed by atoms with van der Waals surface area (Å²) in [5, 5.41) is 0.217. The zero-order chi connectivity index (χ0) is 15.7. The van der Waals surface area contributed by atoms with Crippen LogP contribution in [0.4, 0.5) is 4.39 Å². The molecule has 3 aromatic rings. The van der Waals surface area contributed by atoms with E-state index in [-0.39, 0.29) is 5.82 Å². The highest BCUT2D eigenvalue weighted by atomic mass is 35.5. The minimum atomic E-state index is -0.524. The van der Waals surface area contributed by atoms with Gasteiger partial charge < -0.3 is 0 Å². The summed E-state index contributed by atoms with van der Waals surface area (Å²) in [6.07, 6.45) is 0.867. The van der Waals surface area contributed by atoms with Gasteiger partial charge in [0, 0.05) is 16.5 Å². The first kappa shape index (κ1) is 14.7. The monoisotopic (exact) mass is 313 g/mol. The lowest BCUT2D eigenvalue weighted by Crippen LogP contribution is -1.97. The molecule has 0 aliphatic carbocycles. The number of carbonyl (C=O) groups is 1. The maximum atomic E-state index is 13.1. The van der Waals surface area contributed by atoms with Gasteiger partial charge >= 0.3 is 0 Å². The van der Waals surface area contributed by atoms with Crippen LogP contribution < -0.4 is 0 Å². The minimum absolute atomic E-state index is 0.314. The summed E-state index contributed by atoms with van der Waals surface area (Å²) >= 11 is 5.74. The third-order valence-corrected chi connectivity index (χ3v) is 3.84. The van der Waals surface area contributed by atoms with Crippen LogP contribution in [0.2, 0.25) is 0 Å². The van der Waals surface area contributed by atoms with Crippen LogP contribution in [0.1, 0.15) is 22.8 Å². The van der Waals surface area contributed by atoms with Crippen molar-refractivity contribution < 1.29 is 9.18 Å². The van der Waals surface area contributed by atoms with Gasteiger partial charge in [-0.05, 0) is 66.0 Å². The molecule has 110 valence electrons. The second-order valence-corrected chi connectivity index (χ2v) is 5.38. The summed E-state index contributed by atoms with van der Waals surface area (Å²) in [7, 11) is 0. The van der Waals surface area contributed by atoms with Crippen molar-refractivity contribution >= 4 is 27.7 Å². The van der Waals surface area contributed by atoms with Crippen LogP contribution in [-0.4, -0.2) is 10.2 Å². The van der Waals surface area contributed by atoms with Crippen molar-refractivity contribution in [2.24, 2.45) is 0 Å². The molecule has 2 aromatic carbocycles. The number of aryl methyl sites for hydroxylation is 1. The molecule has 0 aliphatic rings. The van der Waals surface area contributed by atoms with Crippen LogP contribution >= 0.6 is 11.6 Å². The lowest BCUT2D eigenvalue weighted by Gasteiger charge is -2.08. The predicted octanol–water partition coefficient (Wildman–Crippen LogP) is 4.98. The van der Waals surface area contributed by atoms with Crippen LogP contribution in [0.5, 0.6) is 0 Å². The van der Waals surface area contributed by atoms with E-state index in [0.29, 0.717) is 16.8 Å². The molecule has 0 fully saturated rings. The highest BCUT2D eigenvalue weighted by Gasteiger charge is 2.12. The molecule has 0 unspecified atom stereocenters. The van der Waals surface area contributed by atoms with Gasteiger partial charge in [-0.3, -0.25) is 4.79 Å². The van der Waals surface area contributed by atoms with Crippen molar-refractivity contribution in [3.63, 3.8) is 0 Å². The van der Waals surface area contributed by atoms with Gasteiger partial charge in [0.1, 0.15) is 5.82 Å². The minimum Gasteiger partial charge on any atom is -0.276 e. The van der Waals surface area contributed by atoms with E-state index in [1.807, 2.05) is 25.1 Å². The van der Waals surface area contributed by atoms with Crippen LogP contribution in [0.15, 0.2) is 48.5 Å². The maximum Gasteiger partial charge on any atom is 0.253 e. The van der Waals surface area contributed by atoms with E-state index >= 15 is 0 Å². The fraction of sp³-hybridized carbons (Fsp3) is 0.111. The van der Waals surface area contributed by atoms with Crippen molar-refractivity contribution in [1.82, 2.24) is 4.98 Å². The fourth-order valence-electron chi connectivity index (χ4n) is 2.42. The third kappa shape index (κ3) is 2.72. The molecule has 0 N–H and O–H groups in total. The fourth-order valence-corrected chi connectivity index (χ4v) is 2.58. The van der Waals surface area contributed by atoms with E-state index in [1.54, 1.807) is 18.2 Å². The summed E-state index contributed by atoms with van der Waals surface area (Å²) in [5.74, 6) is -0.314.